The molecule has 0 amide bonds. The molecule has 1 aliphatic heterocycles. The number of aromatic nitrogens is 1. The van der Waals surface area contributed by atoms with E-state index in [1.807, 2.05) is 22.8 Å². The highest BCUT2D eigenvalue weighted by Gasteiger charge is 2.31. The van der Waals surface area contributed by atoms with Crippen molar-refractivity contribution in [3.8, 4) is 0 Å². The van der Waals surface area contributed by atoms with E-state index in [9.17, 15) is 9.59 Å². The number of carboxylic acids is 1. The molecule has 0 spiro atoms. The van der Waals surface area contributed by atoms with E-state index in [0.717, 1.165) is 5.69 Å². The first-order chi connectivity index (χ1) is 12.9. The Balaban J connectivity index is 0.000000279. The molecule has 0 unspecified atom stereocenters. The standard InChI is InChI=1S/C15H13NO3.C4H11NO3/c17-14(10-4-2-1-3-5-10)13-7-6-12-11(15(18)19)8-9-16(12)13;5-4(1-6,2-7)3-8/h1-7,11H,8-9H2,(H,18,19);6-8H,1-3,5H2/t11-;/m0./s1. The molecular weight excluding hydrogens is 352 g/mol. The number of carbonyl (C=O) groups excluding carboxylic acids is 1. The Morgan fingerprint density at radius 2 is 1.63 bits per heavy atom. The Hall–Kier alpha value is -2.52. The van der Waals surface area contributed by atoms with Crippen LogP contribution in [0.1, 0.15) is 34.1 Å². The normalized spacial score (nSPS) is 15.6. The molecule has 0 fully saturated rings. The summed E-state index contributed by atoms with van der Waals surface area (Å²) in [5, 5.41) is 34.1. The average Bonchev–Trinajstić information content (AvgIpc) is 3.30. The van der Waals surface area contributed by atoms with Gasteiger partial charge in [-0.05, 0) is 18.6 Å². The molecule has 6 N–H and O–H groups in total. The summed E-state index contributed by atoms with van der Waals surface area (Å²) in [6.07, 6.45) is 0.556. The molecule has 1 aliphatic rings. The van der Waals surface area contributed by atoms with Crippen molar-refractivity contribution in [2.75, 3.05) is 19.8 Å². The molecular formula is C19H24N2O6. The summed E-state index contributed by atoms with van der Waals surface area (Å²) in [6.45, 7) is -0.618. The number of ketones is 1. The highest BCUT2D eigenvalue weighted by Crippen LogP contribution is 2.31. The molecule has 27 heavy (non-hydrogen) atoms. The minimum Gasteiger partial charge on any atom is -0.481 e. The van der Waals surface area contributed by atoms with E-state index in [4.69, 9.17) is 26.2 Å². The number of aliphatic carboxylic acids is 1. The first kappa shape index (κ1) is 20.8. The molecule has 0 saturated carbocycles. The number of carbonyl (C=O) groups is 2. The zero-order chi connectivity index (χ0) is 20.0. The SMILES string of the molecule is NC(CO)(CO)CO.O=C(c1ccccc1)c1ccc2n1CC[C@@H]2C(=O)O. The predicted molar refractivity (Wildman–Crippen MR) is 97.5 cm³/mol. The Morgan fingerprint density at radius 1 is 1.04 bits per heavy atom. The second kappa shape index (κ2) is 8.92. The molecule has 2 heterocycles. The van der Waals surface area contributed by atoms with Gasteiger partial charge in [0.05, 0.1) is 37.0 Å². The highest BCUT2D eigenvalue weighted by atomic mass is 16.4. The maximum atomic E-state index is 12.4. The van der Waals surface area contributed by atoms with Crippen LogP contribution in [0.2, 0.25) is 0 Å². The number of benzene rings is 1. The van der Waals surface area contributed by atoms with Crippen molar-refractivity contribution in [3.05, 3.63) is 59.4 Å². The minimum absolute atomic E-state index is 0.0575. The summed E-state index contributed by atoms with van der Waals surface area (Å²) in [7, 11) is 0. The first-order valence-electron chi connectivity index (χ1n) is 8.50. The number of carboxylic acid groups (broad SMARTS) is 1. The fourth-order valence-electron chi connectivity index (χ4n) is 2.78. The summed E-state index contributed by atoms with van der Waals surface area (Å²) in [4.78, 5) is 23.5. The summed E-state index contributed by atoms with van der Waals surface area (Å²) in [5.41, 5.74) is 5.87. The number of nitrogens with zero attached hydrogens (tertiary/aromatic N) is 1. The van der Waals surface area contributed by atoms with Crippen molar-refractivity contribution in [1.29, 1.82) is 0 Å². The largest absolute Gasteiger partial charge is 0.481 e. The molecule has 1 aromatic heterocycles. The topological polar surface area (TPSA) is 146 Å². The van der Waals surface area contributed by atoms with Gasteiger partial charge in [0, 0.05) is 17.8 Å². The second-order valence-electron chi connectivity index (χ2n) is 6.51. The molecule has 8 nitrogen and oxygen atoms in total. The van der Waals surface area contributed by atoms with E-state index in [-0.39, 0.29) is 5.78 Å². The molecule has 0 saturated heterocycles. The van der Waals surface area contributed by atoms with E-state index in [0.29, 0.717) is 24.2 Å². The van der Waals surface area contributed by atoms with Gasteiger partial charge in [-0.15, -0.1) is 0 Å². The van der Waals surface area contributed by atoms with Gasteiger partial charge in [-0.25, -0.2) is 0 Å². The van der Waals surface area contributed by atoms with Gasteiger partial charge in [-0.3, -0.25) is 9.59 Å². The third kappa shape index (κ3) is 4.61. The van der Waals surface area contributed by atoms with E-state index in [1.54, 1.807) is 24.3 Å². The van der Waals surface area contributed by atoms with Crippen molar-refractivity contribution < 1.29 is 30.0 Å². The average molecular weight is 376 g/mol. The van der Waals surface area contributed by atoms with Crippen LogP contribution in [0.25, 0.3) is 0 Å². The quantitative estimate of drug-likeness (QED) is 0.444. The van der Waals surface area contributed by atoms with Crippen molar-refractivity contribution in [2.45, 2.75) is 24.4 Å². The first-order valence-corrected chi connectivity index (χ1v) is 8.50. The molecule has 0 bridgehead atoms. The van der Waals surface area contributed by atoms with Gasteiger partial charge in [0.2, 0.25) is 5.78 Å². The van der Waals surface area contributed by atoms with Gasteiger partial charge in [-0.2, -0.15) is 0 Å². The molecule has 0 radical (unpaired) electrons. The minimum atomic E-state index is -1.21. The fraction of sp³-hybridized carbons (Fsp3) is 0.368. The zero-order valence-corrected chi connectivity index (χ0v) is 14.8. The predicted octanol–water partition coefficient (Wildman–Crippen LogP) is -0.0482. The number of rotatable bonds is 6. The van der Waals surface area contributed by atoms with Gasteiger partial charge in [0.25, 0.3) is 0 Å². The molecule has 146 valence electrons. The third-order valence-corrected chi connectivity index (χ3v) is 4.52. The van der Waals surface area contributed by atoms with Crippen LogP contribution >= 0.6 is 0 Å². The van der Waals surface area contributed by atoms with Crippen LogP contribution in [0.15, 0.2) is 42.5 Å². The van der Waals surface area contributed by atoms with Gasteiger partial charge >= 0.3 is 5.97 Å². The van der Waals surface area contributed by atoms with E-state index >= 15 is 0 Å². The number of nitrogens with two attached hydrogens (primary N) is 1. The monoisotopic (exact) mass is 376 g/mol. The summed E-state index contributed by atoms with van der Waals surface area (Å²) >= 11 is 0. The molecule has 1 atom stereocenters. The van der Waals surface area contributed by atoms with Crippen LogP contribution in [0, 0.1) is 0 Å². The van der Waals surface area contributed by atoms with Gasteiger partial charge in [0.1, 0.15) is 0 Å². The summed E-state index contributed by atoms with van der Waals surface area (Å²) in [6, 6.07) is 12.5. The second-order valence-corrected chi connectivity index (χ2v) is 6.51. The Morgan fingerprint density at radius 3 is 2.11 bits per heavy atom. The van der Waals surface area contributed by atoms with Crippen molar-refractivity contribution in [3.63, 3.8) is 0 Å². The van der Waals surface area contributed by atoms with Gasteiger partial charge in [0.15, 0.2) is 0 Å². The highest BCUT2D eigenvalue weighted by molar-refractivity contribution is 6.08. The smallest absolute Gasteiger partial charge is 0.312 e. The Kier molecular flexibility index (Phi) is 6.86. The number of hydrogen-bond acceptors (Lipinski definition) is 6. The van der Waals surface area contributed by atoms with Crippen molar-refractivity contribution in [1.82, 2.24) is 4.57 Å². The van der Waals surface area contributed by atoms with Crippen LogP contribution in [0.5, 0.6) is 0 Å². The van der Waals surface area contributed by atoms with Crippen molar-refractivity contribution in [2.24, 2.45) is 5.73 Å². The summed E-state index contributed by atoms with van der Waals surface area (Å²) < 4.78 is 1.83. The molecule has 2 aromatic rings. The lowest BCUT2D eigenvalue weighted by molar-refractivity contribution is -0.138. The van der Waals surface area contributed by atoms with Gasteiger partial charge in [-0.1, -0.05) is 30.3 Å². The van der Waals surface area contributed by atoms with Crippen LogP contribution in [-0.4, -0.2) is 62.1 Å². The number of aliphatic hydroxyl groups excluding tert-OH is 3. The van der Waals surface area contributed by atoms with Crippen LogP contribution in [0.4, 0.5) is 0 Å². The lowest BCUT2D eigenvalue weighted by atomic mass is 10.1. The number of fused-ring (bicyclic) bond motifs is 1. The molecule has 1 aromatic carbocycles. The van der Waals surface area contributed by atoms with Crippen LogP contribution in [-0.2, 0) is 11.3 Å². The third-order valence-electron chi connectivity index (χ3n) is 4.52. The maximum absolute atomic E-state index is 12.4. The van der Waals surface area contributed by atoms with Crippen LogP contribution < -0.4 is 5.73 Å². The van der Waals surface area contributed by atoms with E-state index in [2.05, 4.69) is 0 Å². The Labute approximate surface area is 156 Å². The van der Waals surface area contributed by atoms with Crippen molar-refractivity contribution >= 4 is 11.8 Å². The lowest BCUT2D eigenvalue weighted by Gasteiger charge is -2.20. The van der Waals surface area contributed by atoms with Gasteiger partial charge < -0.3 is 30.7 Å². The summed E-state index contributed by atoms with van der Waals surface area (Å²) in [5.74, 6) is -1.37. The molecule has 0 aliphatic carbocycles. The number of aliphatic hydroxyl groups is 3. The van der Waals surface area contributed by atoms with Crippen LogP contribution in [0.3, 0.4) is 0 Å². The fourth-order valence-corrected chi connectivity index (χ4v) is 2.78. The van der Waals surface area contributed by atoms with E-state index < -0.39 is 37.2 Å². The molecule has 8 heteroatoms. The Bertz CT molecular complexity index is 774. The van der Waals surface area contributed by atoms with E-state index in [1.165, 1.54) is 0 Å². The number of hydrogen-bond donors (Lipinski definition) is 5. The molecule has 3 rings (SSSR count). The zero-order valence-electron chi connectivity index (χ0n) is 14.8. The maximum Gasteiger partial charge on any atom is 0.312 e. The lowest BCUT2D eigenvalue weighted by Crippen LogP contribution is -2.50.